The summed E-state index contributed by atoms with van der Waals surface area (Å²) in [5.41, 5.74) is 1.24. The predicted molar refractivity (Wildman–Crippen MR) is 63.6 cm³/mol. The zero-order chi connectivity index (χ0) is 11.2. The molecule has 0 amide bonds. The van der Waals surface area contributed by atoms with Crippen molar-refractivity contribution >= 4 is 11.8 Å². The number of nitrogens with zero attached hydrogens (tertiary/aromatic N) is 2. The summed E-state index contributed by atoms with van der Waals surface area (Å²) in [4.78, 5) is 4.05. The average Bonchev–Trinajstić information content (AvgIpc) is 2.82. The van der Waals surface area contributed by atoms with Gasteiger partial charge in [0.25, 0.3) is 0 Å². The molecule has 2 aromatic rings. The second-order valence-corrected chi connectivity index (χ2v) is 4.12. The monoisotopic (exact) mass is 235 g/mol. The van der Waals surface area contributed by atoms with Gasteiger partial charge in [-0.1, -0.05) is 23.9 Å². The lowest BCUT2D eigenvalue weighted by molar-refractivity contribution is 0.340. The van der Waals surface area contributed by atoms with Crippen LogP contribution in [-0.2, 0) is 5.75 Å². The third-order valence-electron chi connectivity index (χ3n) is 2.00. The molecular formula is C11H13N3OS. The van der Waals surface area contributed by atoms with E-state index >= 15 is 0 Å². The molecule has 0 fully saturated rings. The van der Waals surface area contributed by atoms with E-state index in [0.29, 0.717) is 6.61 Å². The van der Waals surface area contributed by atoms with E-state index in [9.17, 15) is 0 Å². The fourth-order valence-corrected chi connectivity index (χ4v) is 2.00. The van der Waals surface area contributed by atoms with Crippen LogP contribution in [0, 0.1) is 0 Å². The summed E-state index contributed by atoms with van der Waals surface area (Å²) in [5.74, 6) is 1.79. The quantitative estimate of drug-likeness (QED) is 0.809. The van der Waals surface area contributed by atoms with E-state index in [4.69, 9.17) is 4.74 Å². The van der Waals surface area contributed by atoms with Gasteiger partial charge in [-0.05, 0) is 24.6 Å². The second-order valence-electron chi connectivity index (χ2n) is 3.16. The van der Waals surface area contributed by atoms with E-state index in [1.165, 1.54) is 11.9 Å². The minimum Gasteiger partial charge on any atom is -0.494 e. The van der Waals surface area contributed by atoms with Crippen LogP contribution in [0.3, 0.4) is 0 Å². The van der Waals surface area contributed by atoms with Gasteiger partial charge in [-0.25, -0.2) is 4.98 Å². The lowest BCUT2D eigenvalue weighted by Crippen LogP contribution is -1.91. The fraction of sp³-hybridized carbons (Fsp3) is 0.273. The van der Waals surface area contributed by atoms with Crippen LogP contribution in [0.4, 0.5) is 0 Å². The first-order valence-corrected chi connectivity index (χ1v) is 6.07. The van der Waals surface area contributed by atoms with Crippen molar-refractivity contribution in [3.05, 3.63) is 36.2 Å². The van der Waals surface area contributed by atoms with Crippen LogP contribution in [0.15, 0.2) is 35.7 Å². The zero-order valence-corrected chi connectivity index (χ0v) is 9.83. The molecule has 16 heavy (non-hydrogen) atoms. The lowest BCUT2D eigenvalue weighted by Gasteiger charge is -2.03. The van der Waals surface area contributed by atoms with Crippen molar-refractivity contribution in [2.45, 2.75) is 17.8 Å². The molecule has 2 rings (SSSR count). The molecule has 1 N–H and O–H groups in total. The SMILES string of the molecule is CCOc1ccc(CSc2ncn[nH]2)cc1. The Kier molecular flexibility index (Phi) is 3.82. The summed E-state index contributed by atoms with van der Waals surface area (Å²) in [5, 5.41) is 7.45. The molecule has 0 atom stereocenters. The van der Waals surface area contributed by atoms with Crippen LogP contribution in [-0.4, -0.2) is 21.8 Å². The molecule has 0 bridgehead atoms. The standard InChI is InChI=1S/C11H13N3OS/c1-2-15-10-5-3-9(4-6-10)7-16-11-12-8-13-14-11/h3-6,8H,2,7H2,1H3,(H,12,13,14). The molecule has 84 valence electrons. The minimum atomic E-state index is 0.701. The molecule has 0 unspecified atom stereocenters. The van der Waals surface area contributed by atoms with Gasteiger partial charge in [-0.3, -0.25) is 5.10 Å². The topological polar surface area (TPSA) is 50.8 Å². The lowest BCUT2D eigenvalue weighted by atomic mass is 10.2. The van der Waals surface area contributed by atoms with Gasteiger partial charge in [-0.2, -0.15) is 5.10 Å². The number of aromatic amines is 1. The Morgan fingerprint density at radius 2 is 2.12 bits per heavy atom. The molecule has 0 saturated heterocycles. The Morgan fingerprint density at radius 1 is 1.31 bits per heavy atom. The number of nitrogens with one attached hydrogen (secondary N) is 1. The molecule has 1 heterocycles. The highest BCUT2D eigenvalue weighted by Gasteiger charge is 1.99. The molecular weight excluding hydrogens is 222 g/mol. The fourth-order valence-electron chi connectivity index (χ4n) is 1.26. The third kappa shape index (κ3) is 3.00. The van der Waals surface area contributed by atoms with Crippen molar-refractivity contribution in [1.29, 1.82) is 0 Å². The molecule has 0 aliphatic carbocycles. The van der Waals surface area contributed by atoms with Crippen molar-refractivity contribution in [3.63, 3.8) is 0 Å². The average molecular weight is 235 g/mol. The summed E-state index contributed by atoms with van der Waals surface area (Å²) in [7, 11) is 0. The van der Waals surface area contributed by atoms with E-state index in [-0.39, 0.29) is 0 Å². The Hall–Kier alpha value is -1.49. The Bertz CT molecular complexity index is 413. The van der Waals surface area contributed by atoms with Gasteiger partial charge in [-0.15, -0.1) is 0 Å². The van der Waals surface area contributed by atoms with Crippen molar-refractivity contribution in [2.75, 3.05) is 6.61 Å². The normalized spacial score (nSPS) is 10.3. The number of aromatic nitrogens is 3. The minimum absolute atomic E-state index is 0.701. The first kappa shape index (κ1) is 11.0. The highest BCUT2D eigenvalue weighted by molar-refractivity contribution is 7.98. The Balaban J connectivity index is 1.90. The Labute approximate surface area is 98.4 Å². The van der Waals surface area contributed by atoms with Crippen LogP contribution in [0.5, 0.6) is 5.75 Å². The maximum Gasteiger partial charge on any atom is 0.183 e. The number of H-pyrrole nitrogens is 1. The van der Waals surface area contributed by atoms with Crippen molar-refractivity contribution in [2.24, 2.45) is 0 Å². The first-order valence-electron chi connectivity index (χ1n) is 5.08. The third-order valence-corrected chi connectivity index (χ3v) is 2.95. The highest BCUT2D eigenvalue weighted by atomic mass is 32.2. The summed E-state index contributed by atoms with van der Waals surface area (Å²) < 4.78 is 5.38. The summed E-state index contributed by atoms with van der Waals surface area (Å²) in [6.07, 6.45) is 1.51. The van der Waals surface area contributed by atoms with E-state index in [0.717, 1.165) is 16.7 Å². The predicted octanol–water partition coefficient (Wildman–Crippen LogP) is 2.50. The number of thioether (sulfide) groups is 1. The number of rotatable bonds is 5. The first-order chi connectivity index (χ1) is 7.88. The van der Waals surface area contributed by atoms with Gasteiger partial charge in [0.1, 0.15) is 12.1 Å². The molecule has 4 nitrogen and oxygen atoms in total. The van der Waals surface area contributed by atoms with E-state index in [1.807, 2.05) is 19.1 Å². The smallest absolute Gasteiger partial charge is 0.183 e. The number of ether oxygens (including phenoxy) is 1. The summed E-state index contributed by atoms with van der Waals surface area (Å²) >= 11 is 1.63. The molecule has 0 radical (unpaired) electrons. The van der Waals surface area contributed by atoms with Gasteiger partial charge in [0.15, 0.2) is 5.16 Å². The maximum absolute atomic E-state index is 5.38. The van der Waals surface area contributed by atoms with Crippen LogP contribution in [0.2, 0.25) is 0 Å². The molecule has 1 aromatic heterocycles. The van der Waals surface area contributed by atoms with Gasteiger partial charge >= 0.3 is 0 Å². The number of hydrogen-bond acceptors (Lipinski definition) is 4. The molecule has 0 aliphatic heterocycles. The van der Waals surface area contributed by atoms with Crippen LogP contribution >= 0.6 is 11.8 Å². The van der Waals surface area contributed by atoms with Crippen LogP contribution in [0.1, 0.15) is 12.5 Å². The molecule has 1 aromatic carbocycles. The summed E-state index contributed by atoms with van der Waals surface area (Å²) in [6, 6.07) is 8.10. The number of hydrogen-bond donors (Lipinski definition) is 1. The van der Waals surface area contributed by atoms with Gasteiger partial charge in [0, 0.05) is 5.75 Å². The largest absolute Gasteiger partial charge is 0.494 e. The van der Waals surface area contributed by atoms with Crippen LogP contribution in [0.25, 0.3) is 0 Å². The Morgan fingerprint density at radius 3 is 2.75 bits per heavy atom. The molecule has 0 spiro atoms. The zero-order valence-electron chi connectivity index (χ0n) is 9.01. The van der Waals surface area contributed by atoms with Gasteiger partial charge in [0.05, 0.1) is 6.61 Å². The molecule has 5 heteroatoms. The maximum atomic E-state index is 5.38. The highest BCUT2D eigenvalue weighted by Crippen LogP contribution is 2.20. The van der Waals surface area contributed by atoms with Crippen molar-refractivity contribution in [1.82, 2.24) is 15.2 Å². The molecule has 0 aliphatic rings. The van der Waals surface area contributed by atoms with E-state index < -0.39 is 0 Å². The van der Waals surface area contributed by atoms with Gasteiger partial charge < -0.3 is 4.74 Å². The van der Waals surface area contributed by atoms with E-state index in [1.54, 1.807) is 11.8 Å². The second kappa shape index (κ2) is 5.55. The van der Waals surface area contributed by atoms with E-state index in [2.05, 4.69) is 27.3 Å². The molecule has 0 saturated carbocycles. The van der Waals surface area contributed by atoms with Gasteiger partial charge in [0.2, 0.25) is 0 Å². The summed E-state index contributed by atoms with van der Waals surface area (Å²) in [6.45, 7) is 2.68. The van der Waals surface area contributed by atoms with Crippen LogP contribution < -0.4 is 4.74 Å². The number of benzene rings is 1. The van der Waals surface area contributed by atoms with Crippen molar-refractivity contribution in [3.8, 4) is 5.75 Å². The van der Waals surface area contributed by atoms with Crippen molar-refractivity contribution < 1.29 is 4.74 Å².